The summed E-state index contributed by atoms with van der Waals surface area (Å²) in [5.74, 6) is 2.01. The Balaban J connectivity index is 1.60. The number of carbonyl (C=O) groups excluding carboxylic acids is 1. The van der Waals surface area contributed by atoms with Crippen LogP contribution in [0.3, 0.4) is 0 Å². The molecule has 0 spiro atoms. The van der Waals surface area contributed by atoms with Gasteiger partial charge in [0, 0.05) is 24.4 Å². The fourth-order valence-corrected chi connectivity index (χ4v) is 2.91. The van der Waals surface area contributed by atoms with Crippen molar-refractivity contribution in [2.24, 2.45) is 0 Å². The second kappa shape index (κ2) is 6.90. The number of ether oxygens (including phenoxy) is 1. The van der Waals surface area contributed by atoms with Gasteiger partial charge in [-0.25, -0.2) is 4.79 Å². The van der Waals surface area contributed by atoms with Gasteiger partial charge in [-0.1, -0.05) is 30.3 Å². The molecule has 2 N–H and O–H groups in total. The van der Waals surface area contributed by atoms with Gasteiger partial charge in [-0.05, 0) is 19.4 Å². The number of carbonyl (C=O) groups is 1. The van der Waals surface area contributed by atoms with Crippen LogP contribution in [0, 0.1) is 6.92 Å². The molecule has 0 saturated carbocycles. The molecule has 2 aromatic rings. The molecule has 3 atom stereocenters. The lowest BCUT2D eigenvalue weighted by molar-refractivity contribution is 0.228. The zero-order valence-electron chi connectivity index (χ0n) is 14.1. The summed E-state index contributed by atoms with van der Waals surface area (Å²) in [6.45, 7) is 6.24. The fraction of sp³-hybridized carbons (Fsp3) is 0.471. The van der Waals surface area contributed by atoms with Crippen molar-refractivity contribution in [1.82, 2.24) is 20.8 Å². The highest BCUT2D eigenvalue weighted by atomic mass is 16.5. The Hall–Kier alpha value is -2.57. The number of benzene rings is 1. The van der Waals surface area contributed by atoms with Crippen molar-refractivity contribution >= 4 is 6.03 Å². The van der Waals surface area contributed by atoms with E-state index in [0.717, 1.165) is 11.3 Å². The van der Waals surface area contributed by atoms with Crippen LogP contribution < -0.4 is 15.4 Å². The summed E-state index contributed by atoms with van der Waals surface area (Å²) < 4.78 is 10.7. The average molecular weight is 330 g/mol. The quantitative estimate of drug-likeness (QED) is 0.880. The standard InChI is InChI=1S/C17H22N4O3/c1-4-14(16-19-11(3)24-21-16)20-17(22)18-10(2)13-9-23-15-8-6-5-7-12(13)15/h5-8,10,13-14H,4,9H2,1-3H3,(H2,18,20,22)/t10-,13+,14+/m1/s1. The average Bonchev–Trinajstić information content (AvgIpc) is 3.18. The molecule has 7 heteroatoms. The van der Waals surface area contributed by atoms with E-state index in [2.05, 4.69) is 20.8 Å². The molecule has 128 valence electrons. The Bertz CT molecular complexity index is 715. The van der Waals surface area contributed by atoms with Gasteiger partial charge in [0.05, 0.1) is 12.6 Å². The zero-order chi connectivity index (χ0) is 17.1. The first kappa shape index (κ1) is 16.3. The Kier molecular flexibility index (Phi) is 4.69. The molecule has 1 aliphatic rings. The van der Waals surface area contributed by atoms with Crippen molar-refractivity contribution in [3.63, 3.8) is 0 Å². The van der Waals surface area contributed by atoms with Gasteiger partial charge in [-0.15, -0.1) is 0 Å². The summed E-state index contributed by atoms with van der Waals surface area (Å²) in [7, 11) is 0. The second-order valence-corrected chi connectivity index (χ2v) is 5.99. The molecule has 0 unspecified atom stereocenters. The molecule has 7 nitrogen and oxygen atoms in total. The maximum atomic E-state index is 12.3. The molecule has 3 rings (SSSR count). The monoisotopic (exact) mass is 330 g/mol. The molecular weight excluding hydrogens is 308 g/mol. The molecular formula is C17H22N4O3. The van der Waals surface area contributed by atoms with Crippen molar-refractivity contribution in [3.05, 3.63) is 41.5 Å². The highest BCUT2D eigenvalue weighted by Crippen LogP contribution is 2.35. The molecule has 1 aromatic carbocycles. The van der Waals surface area contributed by atoms with E-state index in [9.17, 15) is 4.79 Å². The van der Waals surface area contributed by atoms with Crippen molar-refractivity contribution < 1.29 is 14.1 Å². The summed E-state index contributed by atoms with van der Waals surface area (Å²) in [6.07, 6.45) is 0.677. The van der Waals surface area contributed by atoms with E-state index >= 15 is 0 Å². The lowest BCUT2D eigenvalue weighted by atomic mass is 9.94. The van der Waals surface area contributed by atoms with E-state index < -0.39 is 0 Å². The molecule has 2 amide bonds. The molecule has 1 aliphatic heterocycles. The van der Waals surface area contributed by atoms with Crippen LogP contribution in [0.5, 0.6) is 5.75 Å². The summed E-state index contributed by atoms with van der Waals surface area (Å²) in [5.41, 5.74) is 1.13. The van der Waals surface area contributed by atoms with E-state index in [1.807, 2.05) is 38.1 Å². The van der Waals surface area contributed by atoms with Crippen molar-refractivity contribution in [2.45, 2.75) is 45.2 Å². The van der Waals surface area contributed by atoms with Crippen LogP contribution in [0.2, 0.25) is 0 Å². The van der Waals surface area contributed by atoms with Crippen molar-refractivity contribution in [2.75, 3.05) is 6.61 Å². The number of amides is 2. The van der Waals surface area contributed by atoms with Gasteiger partial charge in [-0.3, -0.25) is 0 Å². The molecule has 24 heavy (non-hydrogen) atoms. The first-order valence-electron chi connectivity index (χ1n) is 8.17. The number of nitrogens with one attached hydrogen (secondary N) is 2. The zero-order valence-corrected chi connectivity index (χ0v) is 14.1. The second-order valence-electron chi connectivity index (χ2n) is 5.99. The van der Waals surface area contributed by atoms with Crippen LogP contribution in [-0.2, 0) is 0 Å². The molecule has 0 aliphatic carbocycles. The number of aryl methyl sites for hydroxylation is 1. The number of urea groups is 1. The number of fused-ring (bicyclic) bond motifs is 1. The molecule has 0 fully saturated rings. The third-order valence-electron chi connectivity index (χ3n) is 4.27. The Morgan fingerprint density at radius 2 is 2.17 bits per heavy atom. The number of hydrogen-bond acceptors (Lipinski definition) is 5. The highest BCUT2D eigenvalue weighted by molar-refractivity contribution is 5.74. The van der Waals surface area contributed by atoms with Gasteiger partial charge in [0.2, 0.25) is 5.89 Å². The lowest BCUT2D eigenvalue weighted by Crippen LogP contribution is -2.45. The normalized spacial score (nSPS) is 18.4. The number of hydrogen-bond donors (Lipinski definition) is 2. The van der Waals surface area contributed by atoms with Crippen LogP contribution in [0.15, 0.2) is 28.8 Å². The maximum Gasteiger partial charge on any atom is 0.315 e. The predicted molar refractivity (Wildman–Crippen MR) is 87.9 cm³/mol. The summed E-state index contributed by atoms with van der Waals surface area (Å²) in [5, 5.41) is 9.76. The minimum Gasteiger partial charge on any atom is -0.493 e. The van der Waals surface area contributed by atoms with Gasteiger partial charge in [0.15, 0.2) is 5.82 Å². The third kappa shape index (κ3) is 3.34. The SMILES string of the molecule is CC[C@H](NC(=O)N[C@H](C)[C@@H]1COc2ccccc21)c1noc(C)n1. The van der Waals surface area contributed by atoms with Crippen LogP contribution in [0.1, 0.15) is 49.5 Å². The number of aromatic nitrogens is 2. The van der Waals surface area contributed by atoms with Crippen molar-refractivity contribution in [1.29, 1.82) is 0 Å². The van der Waals surface area contributed by atoms with Gasteiger partial charge in [0.25, 0.3) is 0 Å². The molecule has 2 heterocycles. The van der Waals surface area contributed by atoms with Crippen LogP contribution in [0.4, 0.5) is 4.79 Å². The Morgan fingerprint density at radius 1 is 1.38 bits per heavy atom. The van der Waals surface area contributed by atoms with Gasteiger partial charge < -0.3 is 19.9 Å². The summed E-state index contributed by atoms with van der Waals surface area (Å²) in [6, 6.07) is 7.35. The highest BCUT2D eigenvalue weighted by Gasteiger charge is 2.30. The van der Waals surface area contributed by atoms with E-state index in [4.69, 9.17) is 9.26 Å². The van der Waals surface area contributed by atoms with Crippen molar-refractivity contribution in [3.8, 4) is 5.75 Å². The minimum atomic E-state index is -0.276. The maximum absolute atomic E-state index is 12.3. The predicted octanol–water partition coefficient (Wildman–Crippen LogP) is 2.69. The largest absolute Gasteiger partial charge is 0.493 e. The van der Waals surface area contributed by atoms with E-state index in [0.29, 0.717) is 24.7 Å². The van der Waals surface area contributed by atoms with Crippen LogP contribution >= 0.6 is 0 Å². The van der Waals surface area contributed by atoms with E-state index in [1.165, 1.54) is 0 Å². The Labute approximate surface area is 140 Å². The van der Waals surface area contributed by atoms with E-state index in [-0.39, 0.29) is 24.0 Å². The topological polar surface area (TPSA) is 89.3 Å². The first-order valence-corrected chi connectivity index (χ1v) is 8.17. The molecule has 1 aromatic heterocycles. The fourth-order valence-electron chi connectivity index (χ4n) is 2.91. The third-order valence-corrected chi connectivity index (χ3v) is 4.27. The number of para-hydroxylation sites is 1. The van der Waals surface area contributed by atoms with Gasteiger partial charge in [0.1, 0.15) is 5.75 Å². The number of nitrogens with zero attached hydrogens (tertiary/aromatic N) is 2. The van der Waals surface area contributed by atoms with Crippen LogP contribution in [-0.4, -0.2) is 28.8 Å². The smallest absolute Gasteiger partial charge is 0.315 e. The lowest BCUT2D eigenvalue weighted by Gasteiger charge is -2.22. The van der Waals surface area contributed by atoms with E-state index in [1.54, 1.807) is 6.92 Å². The summed E-state index contributed by atoms with van der Waals surface area (Å²) in [4.78, 5) is 16.5. The minimum absolute atomic E-state index is 0.0573. The van der Waals surface area contributed by atoms with Gasteiger partial charge >= 0.3 is 6.03 Å². The molecule has 0 radical (unpaired) electrons. The molecule has 0 saturated heterocycles. The Morgan fingerprint density at radius 3 is 2.88 bits per heavy atom. The summed E-state index contributed by atoms with van der Waals surface area (Å²) >= 11 is 0. The number of rotatable bonds is 5. The molecule has 0 bridgehead atoms. The van der Waals surface area contributed by atoms with Crippen LogP contribution in [0.25, 0.3) is 0 Å². The van der Waals surface area contributed by atoms with Gasteiger partial charge in [-0.2, -0.15) is 4.98 Å². The first-order chi connectivity index (χ1) is 11.6.